The van der Waals surface area contributed by atoms with Crippen LogP contribution in [0.1, 0.15) is 17.2 Å². The molecule has 0 N–H and O–H groups in total. The maximum atomic E-state index is 6.08. The summed E-state index contributed by atoms with van der Waals surface area (Å²) in [6.45, 7) is 6.11. The molecular weight excluding hydrogens is 320 g/mol. The zero-order valence-corrected chi connectivity index (χ0v) is 15.0. The lowest BCUT2D eigenvalue weighted by molar-refractivity contribution is 0.0832. The normalized spacial score (nSPS) is 17.8. The molecule has 4 heteroatoms. The van der Waals surface area contributed by atoms with Gasteiger partial charge in [0.15, 0.2) is 0 Å². The van der Waals surface area contributed by atoms with Crippen LogP contribution in [-0.4, -0.2) is 56.2 Å². The summed E-state index contributed by atoms with van der Waals surface area (Å²) in [5.41, 5.74) is 2.64. The summed E-state index contributed by atoms with van der Waals surface area (Å²) in [6, 6.07) is 19.3. The van der Waals surface area contributed by atoms with Gasteiger partial charge in [0, 0.05) is 44.9 Å². The Kier molecular flexibility index (Phi) is 6.27. The number of benzene rings is 2. The number of hydrogen-bond donors (Lipinski definition) is 0. The molecule has 1 aliphatic heterocycles. The molecule has 0 unspecified atom stereocenters. The molecule has 1 heterocycles. The monoisotopic (exact) mass is 344 g/mol. The first kappa shape index (κ1) is 17.4. The van der Waals surface area contributed by atoms with Gasteiger partial charge in [-0.2, -0.15) is 0 Å². The first-order chi connectivity index (χ1) is 11.8. The van der Waals surface area contributed by atoms with Gasteiger partial charge < -0.3 is 4.74 Å². The van der Waals surface area contributed by atoms with Crippen LogP contribution in [-0.2, 0) is 4.74 Å². The Morgan fingerprint density at radius 3 is 2.17 bits per heavy atom. The van der Waals surface area contributed by atoms with Crippen LogP contribution in [0.2, 0.25) is 5.02 Å². The number of methoxy groups -OCH3 is 1. The SMILES string of the molecule is COCCN1CCN([C@H](c2ccccc2)c2ccc(Cl)cc2)CC1. The van der Waals surface area contributed by atoms with Crippen molar-refractivity contribution in [3.8, 4) is 0 Å². The van der Waals surface area contributed by atoms with E-state index in [1.54, 1.807) is 7.11 Å². The largest absolute Gasteiger partial charge is 0.383 e. The molecule has 3 rings (SSSR count). The highest BCUT2D eigenvalue weighted by Gasteiger charge is 2.26. The lowest BCUT2D eigenvalue weighted by Gasteiger charge is -2.39. The molecule has 0 aromatic heterocycles. The van der Waals surface area contributed by atoms with E-state index in [1.165, 1.54) is 11.1 Å². The van der Waals surface area contributed by atoms with E-state index in [0.717, 1.165) is 44.4 Å². The average molecular weight is 345 g/mol. The van der Waals surface area contributed by atoms with Crippen molar-refractivity contribution < 1.29 is 4.74 Å². The standard InChI is InChI=1S/C20H25ClN2O/c1-24-16-15-22-11-13-23(14-12-22)20(17-5-3-2-4-6-17)18-7-9-19(21)10-8-18/h2-10,20H,11-16H2,1H3/t20-/m1/s1. The Morgan fingerprint density at radius 2 is 1.54 bits per heavy atom. The van der Waals surface area contributed by atoms with Crippen LogP contribution >= 0.6 is 11.6 Å². The summed E-state index contributed by atoms with van der Waals surface area (Å²) in [5, 5.41) is 0.787. The van der Waals surface area contributed by atoms with E-state index in [1.807, 2.05) is 12.1 Å². The van der Waals surface area contributed by atoms with Crippen molar-refractivity contribution in [3.63, 3.8) is 0 Å². The number of piperazine rings is 1. The highest BCUT2D eigenvalue weighted by Crippen LogP contribution is 2.30. The molecule has 1 saturated heterocycles. The van der Waals surface area contributed by atoms with Gasteiger partial charge in [-0.25, -0.2) is 0 Å². The highest BCUT2D eigenvalue weighted by atomic mass is 35.5. The Balaban J connectivity index is 1.77. The van der Waals surface area contributed by atoms with E-state index < -0.39 is 0 Å². The molecular formula is C20H25ClN2O. The third-order valence-corrected chi connectivity index (χ3v) is 4.94. The van der Waals surface area contributed by atoms with Crippen molar-refractivity contribution in [2.24, 2.45) is 0 Å². The maximum Gasteiger partial charge on any atom is 0.0602 e. The first-order valence-corrected chi connectivity index (χ1v) is 8.91. The van der Waals surface area contributed by atoms with Crippen molar-refractivity contribution in [1.29, 1.82) is 0 Å². The zero-order chi connectivity index (χ0) is 16.8. The van der Waals surface area contributed by atoms with Crippen LogP contribution in [0.5, 0.6) is 0 Å². The van der Waals surface area contributed by atoms with Crippen molar-refractivity contribution in [2.45, 2.75) is 6.04 Å². The molecule has 0 bridgehead atoms. The fraction of sp³-hybridized carbons (Fsp3) is 0.400. The maximum absolute atomic E-state index is 6.08. The molecule has 128 valence electrons. The number of ether oxygens (including phenoxy) is 1. The molecule has 1 aliphatic rings. The molecule has 0 amide bonds. The van der Waals surface area contributed by atoms with Crippen LogP contribution in [0.15, 0.2) is 54.6 Å². The summed E-state index contributed by atoms with van der Waals surface area (Å²) in [4.78, 5) is 5.05. The molecule has 24 heavy (non-hydrogen) atoms. The van der Waals surface area contributed by atoms with E-state index in [-0.39, 0.29) is 6.04 Å². The van der Waals surface area contributed by atoms with E-state index in [4.69, 9.17) is 16.3 Å². The second-order valence-electron chi connectivity index (χ2n) is 6.24. The van der Waals surface area contributed by atoms with Crippen LogP contribution < -0.4 is 0 Å². The summed E-state index contributed by atoms with van der Waals surface area (Å²) in [6.07, 6.45) is 0. The predicted molar refractivity (Wildman–Crippen MR) is 99.6 cm³/mol. The van der Waals surface area contributed by atoms with Crippen molar-refractivity contribution in [1.82, 2.24) is 9.80 Å². The van der Waals surface area contributed by atoms with Gasteiger partial charge in [0.25, 0.3) is 0 Å². The number of halogens is 1. The minimum absolute atomic E-state index is 0.285. The number of rotatable bonds is 6. The quantitative estimate of drug-likeness (QED) is 0.794. The molecule has 0 radical (unpaired) electrons. The van der Waals surface area contributed by atoms with Gasteiger partial charge in [-0.05, 0) is 23.3 Å². The van der Waals surface area contributed by atoms with Crippen LogP contribution in [0.4, 0.5) is 0 Å². The molecule has 1 fully saturated rings. The molecule has 0 spiro atoms. The smallest absolute Gasteiger partial charge is 0.0602 e. The second-order valence-corrected chi connectivity index (χ2v) is 6.67. The Morgan fingerprint density at radius 1 is 0.917 bits per heavy atom. The van der Waals surface area contributed by atoms with Gasteiger partial charge >= 0.3 is 0 Å². The van der Waals surface area contributed by atoms with Gasteiger partial charge in [0.1, 0.15) is 0 Å². The van der Waals surface area contributed by atoms with Crippen molar-refractivity contribution in [2.75, 3.05) is 46.4 Å². The minimum Gasteiger partial charge on any atom is -0.383 e. The Labute approximate surface area is 149 Å². The van der Waals surface area contributed by atoms with E-state index in [2.05, 4.69) is 52.3 Å². The van der Waals surface area contributed by atoms with E-state index >= 15 is 0 Å². The summed E-state index contributed by atoms with van der Waals surface area (Å²) in [5.74, 6) is 0. The van der Waals surface area contributed by atoms with Gasteiger partial charge in [-0.15, -0.1) is 0 Å². The van der Waals surface area contributed by atoms with E-state index in [0.29, 0.717) is 0 Å². The van der Waals surface area contributed by atoms with Crippen molar-refractivity contribution in [3.05, 3.63) is 70.7 Å². The topological polar surface area (TPSA) is 15.7 Å². The third kappa shape index (κ3) is 4.37. The summed E-state index contributed by atoms with van der Waals surface area (Å²) >= 11 is 6.08. The molecule has 0 aliphatic carbocycles. The lowest BCUT2D eigenvalue weighted by Crippen LogP contribution is -2.48. The number of nitrogens with zero attached hydrogens (tertiary/aromatic N) is 2. The van der Waals surface area contributed by atoms with Gasteiger partial charge in [-0.3, -0.25) is 9.80 Å². The second kappa shape index (κ2) is 8.63. The fourth-order valence-corrected chi connectivity index (χ4v) is 3.49. The highest BCUT2D eigenvalue weighted by molar-refractivity contribution is 6.30. The Bertz CT molecular complexity index is 609. The molecule has 2 aromatic rings. The van der Waals surface area contributed by atoms with E-state index in [9.17, 15) is 0 Å². The fourth-order valence-electron chi connectivity index (χ4n) is 3.36. The predicted octanol–water partition coefficient (Wildman–Crippen LogP) is 3.69. The van der Waals surface area contributed by atoms with Gasteiger partial charge in [-0.1, -0.05) is 54.1 Å². The molecule has 3 nitrogen and oxygen atoms in total. The van der Waals surface area contributed by atoms with Gasteiger partial charge in [0.05, 0.1) is 12.6 Å². The minimum atomic E-state index is 0.285. The Hall–Kier alpha value is -1.39. The zero-order valence-electron chi connectivity index (χ0n) is 14.2. The number of hydrogen-bond acceptors (Lipinski definition) is 3. The first-order valence-electron chi connectivity index (χ1n) is 8.53. The van der Waals surface area contributed by atoms with Gasteiger partial charge in [0.2, 0.25) is 0 Å². The van der Waals surface area contributed by atoms with Crippen molar-refractivity contribution >= 4 is 11.6 Å². The van der Waals surface area contributed by atoms with Crippen LogP contribution in [0.3, 0.4) is 0 Å². The summed E-state index contributed by atoms with van der Waals surface area (Å²) < 4.78 is 5.20. The van der Waals surface area contributed by atoms with Crippen LogP contribution in [0.25, 0.3) is 0 Å². The summed E-state index contributed by atoms with van der Waals surface area (Å²) in [7, 11) is 1.77. The van der Waals surface area contributed by atoms with Crippen LogP contribution in [0, 0.1) is 0 Å². The molecule has 1 atom stereocenters. The molecule has 2 aromatic carbocycles. The lowest BCUT2D eigenvalue weighted by atomic mass is 9.96. The third-order valence-electron chi connectivity index (χ3n) is 4.68. The molecule has 0 saturated carbocycles. The average Bonchev–Trinajstić information content (AvgIpc) is 2.64.